The molecule has 18 heavy (non-hydrogen) atoms. The quantitative estimate of drug-likeness (QED) is 0.891. The Bertz CT molecular complexity index is 522. The van der Waals surface area contributed by atoms with Crippen molar-refractivity contribution in [2.45, 2.75) is 13.5 Å². The number of halogens is 1. The van der Waals surface area contributed by atoms with E-state index in [1.165, 1.54) is 5.56 Å². The topological polar surface area (TPSA) is 26.2 Å². The summed E-state index contributed by atoms with van der Waals surface area (Å²) in [6.07, 6.45) is 4.12. The number of hydrogen-bond acceptors (Lipinski definition) is 2. The van der Waals surface area contributed by atoms with E-state index in [9.17, 15) is 0 Å². The summed E-state index contributed by atoms with van der Waals surface area (Å²) < 4.78 is 7.42. The molecule has 0 aliphatic carbocycles. The van der Waals surface area contributed by atoms with E-state index < -0.39 is 0 Å². The molecule has 2 aromatic rings. The lowest BCUT2D eigenvalue weighted by Crippen LogP contribution is -1.99. The number of rotatable bonds is 5. The summed E-state index contributed by atoms with van der Waals surface area (Å²) in [4.78, 5) is 0. The maximum absolute atomic E-state index is 6.12. The normalized spacial score (nSPS) is 10.4. The van der Waals surface area contributed by atoms with Crippen LogP contribution in [0.25, 0.3) is 0 Å². The lowest BCUT2D eigenvalue weighted by molar-refractivity contribution is 0.340. The van der Waals surface area contributed by atoms with Crippen molar-refractivity contribution in [3.05, 3.63) is 47.2 Å². The first-order valence-corrected chi connectivity index (χ1v) is 6.34. The number of aryl methyl sites for hydroxylation is 1. The first-order valence-electron chi connectivity index (χ1n) is 5.96. The van der Waals surface area contributed by atoms with Crippen molar-refractivity contribution in [2.75, 3.05) is 11.9 Å². The van der Waals surface area contributed by atoms with E-state index in [2.05, 4.69) is 17.6 Å². The number of anilines is 1. The molecule has 2 rings (SSSR count). The zero-order chi connectivity index (χ0) is 13.0. The molecular formula is C14H17ClN2O. The van der Waals surface area contributed by atoms with Crippen molar-refractivity contribution in [1.29, 1.82) is 0 Å². The van der Waals surface area contributed by atoms with E-state index in [0.29, 0.717) is 11.6 Å². The summed E-state index contributed by atoms with van der Waals surface area (Å²) in [5, 5.41) is 3.97. The molecule has 0 fully saturated rings. The molecule has 0 aliphatic heterocycles. The van der Waals surface area contributed by atoms with E-state index in [1.54, 1.807) is 0 Å². The van der Waals surface area contributed by atoms with Crippen molar-refractivity contribution in [3.63, 3.8) is 0 Å². The van der Waals surface area contributed by atoms with E-state index in [1.807, 2.05) is 42.9 Å². The third-order valence-electron chi connectivity index (χ3n) is 2.62. The van der Waals surface area contributed by atoms with E-state index in [4.69, 9.17) is 16.3 Å². The number of nitrogens with zero attached hydrogens (tertiary/aromatic N) is 1. The molecule has 1 N–H and O–H groups in total. The summed E-state index contributed by atoms with van der Waals surface area (Å²) in [6.45, 7) is 3.35. The lowest BCUT2D eigenvalue weighted by Gasteiger charge is -2.09. The fourth-order valence-corrected chi connectivity index (χ4v) is 1.99. The van der Waals surface area contributed by atoms with Crippen LogP contribution in [-0.2, 0) is 13.6 Å². The van der Waals surface area contributed by atoms with Gasteiger partial charge in [-0.15, -0.1) is 0 Å². The molecule has 0 spiro atoms. The average Bonchev–Trinajstić information content (AvgIpc) is 2.76. The zero-order valence-electron chi connectivity index (χ0n) is 10.6. The van der Waals surface area contributed by atoms with Crippen LogP contribution in [0, 0.1) is 0 Å². The van der Waals surface area contributed by atoms with Gasteiger partial charge in [0.15, 0.2) is 0 Å². The largest absolute Gasteiger partial charge is 0.492 e. The summed E-state index contributed by atoms with van der Waals surface area (Å²) in [6, 6.07) is 7.83. The minimum atomic E-state index is 0.622. The van der Waals surface area contributed by atoms with Gasteiger partial charge in [-0.3, -0.25) is 0 Å². The van der Waals surface area contributed by atoms with Crippen LogP contribution >= 0.6 is 11.6 Å². The van der Waals surface area contributed by atoms with E-state index >= 15 is 0 Å². The lowest BCUT2D eigenvalue weighted by atomic mass is 10.2. The smallest absolute Gasteiger partial charge is 0.138 e. The maximum atomic E-state index is 6.12. The number of nitrogens with one attached hydrogen (secondary N) is 1. The van der Waals surface area contributed by atoms with Crippen LogP contribution in [0.2, 0.25) is 5.02 Å². The molecule has 0 radical (unpaired) electrons. The summed E-state index contributed by atoms with van der Waals surface area (Å²) in [7, 11) is 2.01. The molecule has 3 nitrogen and oxygen atoms in total. The van der Waals surface area contributed by atoms with Crippen LogP contribution in [0.5, 0.6) is 5.75 Å². The molecule has 1 heterocycles. The minimum absolute atomic E-state index is 0.622. The van der Waals surface area contributed by atoms with E-state index in [-0.39, 0.29) is 0 Å². The third kappa shape index (κ3) is 3.20. The Hall–Kier alpha value is -1.61. The third-order valence-corrected chi connectivity index (χ3v) is 2.92. The molecule has 0 unspecified atom stereocenters. The van der Waals surface area contributed by atoms with Gasteiger partial charge < -0.3 is 14.6 Å². The average molecular weight is 265 g/mol. The summed E-state index contributed by atoms with van der Waals surface area (Å²) in [5.74, 6) is 0.726. The predicted molar refractivity (Wildman–Crippen MR) is 75.4 cm³/mol. The fraction of sp³-hybridized carbons (Fsp3) is 0.286. The molecule has 4 heteroatoms. The van der Waals surface area contributed by atoms with Crippen LogP contribution in [-0.4, -0.2) is 11.2 Å². The van der Waals surface area contributed by atoms with Crippen LogP contribution in [0.1, 0.15) is 12.5 Å². The SMILES string of the molecule is CCOc1ccc(NCc2ccn(C)c2)cc1Cl. The number of aromatic nitrogens is 1. The second kappa shape index (κ2) is 5.83. The highest BCUT2D eigenvalue weighted by Gasteiger charge is 2.02. The highest BCUT2D eigenvalue weighted by Crippen LogP contribution is 2.27. The van der Waals surface area contributed by atoms with Gasteiger partial charge in [-0.25, -0.2) is 0 Å². The van der Waals surface area contributed by atoms with Gasteiger partial charge in [0.1, 0.15) is 5.75 Å². The highest BCUT2D eigenvalue weighted by molar-refractivity contribution is 6.32. The second-order valence-corrected chi connectivity index (χ2v) is 4.52. The van der Waals surface area contributed by atoms with Gasteiger partial charge in [0.25, 0.3) is 0 Å². The van der Waals surface area contributed by atoms with Crippen molar-refractivity contribution in [1.82, 2.24) is 4.57 Å². The Labute approximate surface area is 112 Å². The predicted octanol–water partition coefficient (Wildman–Crippen LogP) is 3.69. The Balaban J connectivity index is 1.99. The van der Waals surface area contributed by atoms with E-state index in [0.717, 1.165) is 18.0 Å². The zero-order valence-corrected chi connectivity index (χ0v) is 11.4. The molecule has 1 aromatic carbocycles. The first kappa shape index (κ1) is 12.8. The molecule has 0 saturated heterocycles. The van der Waals surface area contributed by atoms with Crippen molar-refractivity contribution in [3.8, 4) is 5.75 Å². The summed E-state index contributed by atoms with van der Waals surface area (Å²) >= 11 is 6.12. The Morgan fingerprint density at radius 1 is 1.33 bits per heavy atom. The highest BCUT2D eigenvalue weighted by atomic mass is 35.5. The second-order valence-electron chi connectivity index (χ2n) is 4.12. The molecule has 0 atom stereocenters. The van der Waals surface area contributed by atoms with Gasteiger partial charge in [0.2, 0.25) is 0 Å². The standard InChI is InChI=1S/C14H17ClN2O/c1-3-18-14-5-4-12(8-13(14)15)16-9-11-6-7-17(2)10-11/h4-8,10,16H,3,9H2,1-2H3. The van der Waals surface area contributed by atoms with Gasteiger partial charge in [-0.1, -0.05) is 11.6 Å². The summed E-state index contributed by atoms with van der Waals surface area (Å²) in [5.41, 5.74) is 2.23. The van der Waals surface area contributed by atoms with Crippen LogP contribution in [0.4, 0.5) is 5.69 Å². The number of hydrogen-bond donors (Lipinski definition) is 1. The monoisotopic (exact) mass is 264 g/mol. The fourth-order valence-electron chi connectivity index (χ4n) is 1.75. The number of ether oxygens (including phenoxy) is 1. The molecule has 0 bridgehead atoms. The molecular weight excluding hydrogens is 248 g/mol. The van der Waals surface area contributed by atoms with Crippen molar-refractivity contribution < 1.29 is 4.74 Å². The van der Waals surface area contributed by atoms with Crippen LogP contribution < -0.4 is 10.1 Å². The minimum Gasteiger partial charge on any atom is -0.492 e. The first-order chi connectivity index (χ1) is 8.69. The van der Waals surface area contributed by atoms with Crippen molar-refractivity contribution >= 4 is 17.3 Å². The molecule has 0 aliphatic rings. The maximum Gasteiger partial charge on any atom is 0.138 e. The molecule has 96 valence electrons. The Kier molecular flexibility index (Phi) is 4.15. The van der Waals surface area contributed by atoms with Crippen LogP contribution in [0.15, 0.2) is 36.7 Å². The van der Waals surface area contributed by atoms with Gasteiger partial charge in [-0.2, -0.15) is 0 Å². The molecule has 1 aromatic heterocycles. The Morgan fingerprint density at radius 2 is 2.17 bits per heavy atom. The van der Waals surface area contributed by atoms with Crippen LogP contribution in [0.3, 0.4) is 0 Å². The Morgan fingerprint density at radius 3 is 2.78 bits per heavy atom. The van der Waals surface area contributed by atoms with Gasteiger partial charge in [0, 0.05) is 31.7 Å². The van der Waals surface area contributed by atoms with Gasteiger partial charge >= 0.3 is 0 Å². The molecule has 0 amide bonds. The van der Waals surface area contributed by atoms with Gasteiger partial charge in [-0.05, 0) is 36.8 Å². The molecule has 0 saturated carbocycles. The van der Waals surface area contributed by atoms with Gasteiger partial charge in [0.05, 0.1) is 11.6 Å². The van der Waals surface area contributed by atoms with Crippen molar-refractivity contribution in [2.24, 2.45) is 7.05 Å². The number of benzene rings is 1.